The highest BCUT2D eigenvalue weighted by Crippen LogP contribution is 2.28. The molecular weight excluding hydrogens is 220 g/mol. The number of aromatic nitrogens is 2. The van der Waals surface area contributed by atoms with Gasteiger partial charge in [-0.05, 0) is 35.8 Å². The van der Waals surface area contributed by atoms with Gasteiger partial charge in [0, 0.05) is 0 Å². The molecule has 4 N–H and O–H groups in total. The van der Waals surface area contributed by atoms with Gasteiger partial charge in [-0.1, -0.05) is 6.92 Å². The van der Waals surface area contributed by atoms with Crippen LogP contribution < -0.4 is 11.1 Å². The predicted octanol–water partition coefficient (Wildman–Crippen LogP) is 1.38. The van der Waals surface area contributed by atoms with E-state index >= 15 is 0 Å². The summed E-state index contributed by atoms with van der Waals surface area (Å²) in [6.45, 7) is 3.96. The van der Waals surface area contributed by atoms with Gasteiger partial charge in [0.2, 0.25) is 0 Å². The molecule has 0 aliphatic carbocycles. The minimum Gasteiger partial charge on any atom is -0.397 e. The third-order valence-corrected chi connectivity index (χ3v) is 3.01. The number of nitrogens with two attached hydrogens (primary N) is 1. The van der Waals surface area contributed by atoms with E-state index in [4.69, 9.17) is 5.73 Å². The average molecular weight is 236 g/mol. The zero-order valence-electron chi connectivity index (χ0n) is 9.90. The third-order valence-electron chi connectivity index (χ3n) is 3.01. The number of hydrogen-bond acceptors (Lipinski definition) is 6. The molecular formula is C11H16N4O2. The van der Waals surface area contributed by atoms with E-state index in [1.807, 2.05) is 19.9 Å². The molecule has 17 heavy (non-hydrogen) atoms. The first-order valence-corrected chi connectivity index (χ1v) is 5.49. The standard InChI is InChI=1S/C11H16N4O2/c1-3-11(2,6-16)13-8-5-4-7(12)9-10(8)15-17-14-9/h4-5,13,16H,3,6,12H2,1-2H3. The summed E-state index contributed by atoms with van der Waals surface area (Å²) in [6, 6.07) is 3.55. The molecule has 1 aromatic carbocycles. The number of nitrogen functional groups attached to an aromatic ring is 1. The highest BCUT2D eigenvalue weighted by molar-refractivity contribution is 5.95. The highest BCUT2D eigenvalue weighted by atomic mass is 16.6. The molecule has 0 radical (unpaired) electrons. The van der Waals surface area contributed by atoms with E-state index in [-0.39, 0.29) is 6.61 Å². The van der Waals surface area contributed by atoms with Gasteiger partial charge in [0.1, 0.15) is 0 Å². The molecule has 6 heteroatoms. The molecule has 0 aliphatic rings. The second-order valence-electron chi connectivity index (χ2n) is 4.36. The second-order valence-corrected chi connectivity index (χ2v) is 4.36. The molecule has 1 aromatic heterocycles. The fourth-order valence-corrected chi connectivity index (χ4v) is 1.55. The van der Waals surface area contributed by atoms with Crippen LogP contribution in [-0.4, -0.2) is 27.6 Å². The number of fused-ring (bicyclic) bond motifs is 1. The second kappa shape index (κ2) is 4.21. The Kier molecular flexibility index (Phi) is 2.89. The molecule has 1 heterocycles. The first-order chi connectivity index (χ1) is 8.09. The van der Waals surface area contributed by atoms with Crippen LogP contribution in [0.2, 0.25) is 0 Å². The van der Waals surface area contributed by atoms with Crippen LogP contribution >= 0.6 is 0 Å². The van der Waals surface area contributed by atoms with Crippen molar-refractivity contribution in [1.29, 1.82) is 0 Å². The van der Waals surface area contributed by atoms with Gasteiger partial charge < -0.3 is 16.2 Å². The van der Waals surface area contributed by atoms with E-state index in [9.17, 15) is 5.11 Å². The predicted molar refractivity (Wildman–Crippen MR) is 65.6 cm³/mol. The van der Waals surface area contributed by atoms with E-state index < -0.39 is 5.54 Å². The van der Waals surface area contributed by atoms with Crippen LogP contribution in [0.25, 0.3) is 11.0 Å². The van der Waals surface area contributed by atoms with Gasteiger partial charge in [0.25, 0.3) is 0 Å². The van der Waals surface area contributed by atoms with Crippen molar-refractivity contribution in [2.45, 2.75) is 25.8 Å². The molecule has 0 amide bonds. The van der Waals surface area contributed by atoms with Crippen LogP contribution in [-0.2, 0) is 0 Å². The first-order valence-electron chi connectivity index (χ1n) is 5.49. The molecule has 0 fully saturated rings. The molecule has 1 unspecified atom stereocenters. The van der Waals surface area contributed by atoms with Crippen LogP contribution in [0.3, 0.4) is 0 Å². The lowest BCUT2D eigenvalue weighted by Gasteiger charge is -2.28. The number of hydrogen-bond donors (Lipinski definition) is 3. The number of nitrogens with zero attached hydrogens (tertiary/aromatic N) is 2. The summed E-state index contributed by atoms with van der Waals surface area (Å²) in [5.41, 5.74) is 7.75. The number of nitrogens with one attached hydrogen (secondary N) is 1. The van der Waals surface area contributed by atoms with Gasteiger partial charge in [-0.2, -0.15) is 0 Å². The molecule has 0 saturated carbocycles. The summed E-state index contributed by atoms with van der Waals surface area (Å²) in [4.78, 5) is 0. The fraction of sp³-hybridized carbons (Fsp3) is 0.455. The first kappa shape index (κ1) is 11.7. The number of benzene rings is 1. The Morgan fingerprint density at radius 2 is 2.12 bits per heavy atom. The smallest absolute Gasteiger partial charge is 0.160 e. The maximum atomic E-state index is 9.38. The van der Waals surface area contributed by atoms with Crippen molar-refractivity contribution in [1.82, 2.24) is 10.3 Å². The largest absolute Gasteiger partial charge is 0.397 e. The Balaban J connectivity index is 2.43. The number of aliphatic hydroxyl groups is 1. The summed E-state index contributed by atoms with van der Waals surface area (Å²) < 4.78 is 4.69. The van der Waals surface area contributed by atoms with E-state index in [0.29, 0.717) is 16.7 Å². The normalized spacial score (nSPS) is 14.8. The lowest BCUT2D eigenvalue weighted by molar-refractivity contribution is 0.219. The highest BCUT2D eigenvalue weighted by Gasteiger charge is 2.22. The Bertz CT molecular complexity index is 519. The molecule has 0 bridgehead atoms. The Morgan fingerprint density at radius 1 is 1.41 bits per heavy atom. The van der Waals surface area contributed by atoms with Crippen LogP contribution in [0.1, 0.15) is 20.3 Å². The minimum atomic E-state index is -0.401. The zero-order valence-corrected chi connectivity index (χ0v) is 9.90. The lowest BCUT2D eigenvalue weighted by Crippen LogP contribution is -2.38. The zero-order chi connectivity index (χ0) is 12.5. The van der Waals surface area contributed by atoms with Crippen molar-refractivity contribution in [3.8, 4) is 0 Å². The summed E-state index contributed by atoms with van der Waals surface area (Å²) in [7, 11) is 0. The van der Waals surface area contributed by atoms with Gasteiger partial charge in [0.15, 0.2) is 11.0 Å². The van der Waals surface area contributed by atoms with Gasteiger partial charge in [-0.3, -0.25) is 0 Å². The Morgan fingerprint density at radius 3 is 2.76 bits per heavy atom. The van der Waals surface area contributed by atoms with E-state index in [2.05, 4.69) is 20.3 Å². The van der Waals surface area contributed by atoms with Crippen LogP contribution in [0.4, 0.5) is 11.4 Å². The Labute approximate surface area is 98.8 Å². The fourth-order valence-electron chi connectivity index (χ4n) is 1.55. The van der Waals surface area contributed by atoms with Gasteiger partial charge in [-0.25, -0.2) is 4.63 Å². The molecule has 2 aromatic rings. The van der Waals surface area contributed by atoms with Gasteiger partial charge >= 0.3 is 0 Å². The van der Waals surface area contributed by atoms with Crippen molar-refractivity contribution in [3.63, 3.8) is 0 Å². The lowest BCUT2D eigenvalue weighted by atomic mass is 9.99. The minimum absolute atomic E-state index is 0.0284. The molecule has 0 aliphatic heterocycles. The quantitative estimate of drug-likeness (QED) is 0.694. The summed E-state index contributed by atoms with van der Waals surface area (Å²) in [5.74, 6) is 0. The van der Waals surface area contributed by atoms with Crippen molar-refractivity contribution in [2.24, 2.45) is 0 Å². The monoisotopic (exact) mass is 236 g/mol. The van der Waals surface area contributed by atoms with E-state index in [1.165, 1.54) is 0 Å². The van der Waals surface area contributed by atoms with Crippen LogP contribution in [0.15, 0.2) is 16.8 Å². The van der Waals surface area contributed by atoms with Crippen LogP contribution in [0, 0.1) is 0 Å². The number of aliphatic hydroxyl groups excluding tert-OH is 1. The van der Waals surface area contributed by atoms with Gasteiger partial charge in [-0.15, -0.1) is 0 Å². The molecule has 6 nitrogen and oxygen atoms in total. The summed E-state index contributed by atoms with van der Waals surface area (Å²) in [6.07, 6.45) is 0.778. The topological polar surface area (TPSA) is 97.2 Å². The van der Waals surface area contributed by atoms with E-state index in [1.54, 1.807) is 6.07 Å². The van der Waals surface area contributed by atoms with E-state index in [0.717, 1.165) is 12.1 Å². The van der Waals surface area contributed by atoms with Crippen molar-refractivity contribution in [2.75, 3.05) is 17.7 Å². The summed E-state index contributed by atoms with van der Waals surface area (Å²) >= 11 is 0. The third kappa shape index (κ3) is 2.03. The number of rotatable bonds is 4. The molecule has 2 rings (SSSR count). The van der Waals surface area contributed by atoms with Crippen molar-refractivity contribution in [3.05, 3.63) is 12.1 Å². The molecule has 1 atom stereocenters. The number of anilines is 2. The SMILES string of the molecule is CCC(C)(CO)Nc1ccc(N)c2nonc12. The van der Waals surface area contributed by atoms with Crippen LogP contribution in [0.5, 0.6) is 0 Å². The van der Waals surface area contributed by atoms with Gasteiger partial charge in [0.05, 0.1) is 23.5 Å². The Hall–Kier alpha value is -1.82. The molecule has 92 valence electrons. The maximum absolute atomic E-state index is 9.38. The maximum Gasteiger partial charge on any atom is 0.160 e. The van der Waals surface area contributed by atoms with Crippen molar-refractivity contribution < 1.29 is 9.74 Å². The molecule has 0 spiro atoms. The van der Waals surface area contributed by atoms with Crippen molar-refractivity contribution >= 4 is 22.4 Å². The summed E-state index contributed by atoms with van der Waals surface area (Å²) in [5, 5.41) is 20.2. The molecule has 0 saturated heterocycles. The average Bonchev–Trinajstić information content (AvgIpc) is 2.83.